The van der Waals surface area contributed by atoms with Crippen LogP contribution >= 0.6 is 27.5 Å². The standard InChI is InChI=1S/C19H18BrClFN5O4.C3H8/c1-27-9-24-18-14(27)7-11(19(29)26-31-5-4-30-15(28)8-23)17(16(18)22)25-13-3-2-10(20)6-12(13)21;1-3-2/h2-3,6-7,9,25H,4-5,8,23H2,1H3,(H,26,29);3H2,1-2H3. The lowest BCUT2D eigenvalue weighted by Gasteiger charge is -2.15. The van der Waals surface area contributed by atoms with Crippen LogP contribution in [0.15, 0.2) is 35.1 Å². The van der Waals surface area contributed by atoms with E-state index in [0.29, 0.717) is 16.2 Å². The molecular weight excluding hydrogens is 533 g/mol. The van der Waals surface area contributed by atoms with Gasteiger partial charge in [0.1, 0.15) is 18.7 Å². The zero-order valence-corrected chi connectivity index (χ0v) is 21.3. The van der Waals surface area contributed by atoms with Gasteiger partial charge in [0, 0.05) is 11.5 Å². The zero-order chi connectivity index (χ0) is 25.3. The van der Waals surface area contributed by atoms with Gasteiger partial charge in [-0.05, 0) is 24.3 Å². The molecule has 0 unspecified atom stereocenters. The second kappa shape index (κ2) is 13.2. The van der Waals surface area contributed by atoms with E-state index in [1.54, 1.807) is 29.8 Å². The topological polar surface area (TPSA) is 121 Å². The van der Waals surface area contributed by atoms with Crippen LogP contribution in [0.4, 0.5) is 15.8 Å². The van der Waals surface area contributed by atoms with Gasteiger partial charge in [0.05, 0.1) is 40.3 Å². The Balaban J connectivity index is 0.00000129. The first-order chi connectivity index (χ1) is 16.2. The Morgan fingerprint density at radius 3 is 2.62 bits per heavy atom. The molecule has 0 fully saturated rings. The minimum absolute atomic E-state index is 0.0356. The van der Waals surface area contributed by atoms with E-state index in [2.05, 4.69) is 45.6 Å². The van der Waals surface area contributed by atoms with Crippen LogP contribution in [0.2, 0.25) is 5.02 Å². The van der Waals surface area contributed by atoms with E-state index < -0.39 is 17.7 Å². The molecule has 1 amide bonds. The molecule has 3 rings (SSSR count). The van der Waals surface area contributed by atoms with E-state index in [-0.39, 0.29) is 36.5 Å². The molecule has 0 aliphatic heterocycles. The fourth-order valence-corrected chi connectivity index (χ4v) is 3.40. The molecule has 0 radical (unpaired) electrons. The number of rotatable bonds is 8. The summed E-state index contributed by atoms with van der Waals surface area (Å²) in [6.45, 7) is 3.77. The number of benzene rings is 2. The predicted octanol–water partition coefficient (Wildman–Crippen LogP) is 4.45. The van der Waals surface area contributed by atoms with Crippen molar-refractivity contribution in [3.05, 3.63) is 51.5 Å². The highest BCUT2D eigenvalue weighted by molar-refractivity contribution is 9.10. The van der Waals surface area contributed by atoms with Crippen molar-refractivity contribution in [2.24, 2.45) is 12.8 Å². The van der Waals surface area contributed by atoms with Gasteiger partial charge >= 0.3 is 5.97 Å². The molecule has 3 aromatic rings. The summed E-state index contributed by atoms with van der Waals surface area (Å²) < 4.78 is 22.4. The van der Waals surface area contributed by atoms with Gasteiger partial charge in [0.25, 0.3) is 5.91 Å². The normalized spacial score (nSPS) is 10.4. The number of nitrogens with two attached hydrogens (primary N) is 1. The van der Waals surface area contributed by atoms with Crippen molar-refractivity contribution < 1.29 is 23.6 Å². The molecule has 184 valence electrons. The van der Waals surface area contributed by atoms with Crippen LogP contribution < -0.4 is 16.5 Å². The Bertz CT molecular complexity index is 1160. The van der Waals surface area contributed by atoms with Crippen LogP contribution in [-0.4, -0.2) is 41.2 Å². The minimum Gasteiger partial charge on any atom is -0.462 e. The molecule has 1 heterocycles. The number of ether oxygens (including phenoxy) is 1. The van der Waals surface area contributed by atoms with Gasteiger partial charge < -0.3 is 20.4 Å². The van der Waals surface area contributed by atoms with Gasteiger partial charge in [-0.3, -0.25) is 14.4 Å². The number of carbonyl (C=O) groups is 2. The number of hydroxylamine groups is 1. The summed E-state index contributed by atoms with van der Waals surface area (Å²) in [6.07, 6.45) is 2.69. The maximum absolute atomic E-state index is 15.3. The van der Waals surface area contributed by atoms with E-state index in [1.165, 1.54) is 18.8 Å². The maximum Gasteiger partial charge on any atom is 0.319 e. The molecule has 0 aliphatic rings. The van der Waals surface area contributed by atoms with Gasteiger partial charge in [0.15, 0.2) is 5.82 Å². The summed E-state index contributed by atoms with van der Waals surface area (Å²) in [5.74, 6) is -2.04. The van der Waals surface area contributed by atoms with Crippen LogP contribution in [-0.2, 0) is 21.4 Å². The lowest BCUT2D eigenvalue weighted by atomic mass is 10.1. The highest BCUT2D eigenvalue weighted by Crippen LogP contribution is 2.34. The smallest absolute Gasteiger partial charge is 0.319 e. The molecule has 12 heteroatoms. The van der Waals surface area contributed by atoms with Gasteiger partial charge in [-0.15, -0.1) is 0 Å². The third-order valence-electron chi connectivity index (χ3n) is 4.18. The van der Waals surface area contributed by atoms with Crippen LogP contribution in [0, 0.1) is 5.82 Å². The summed E-state index contributed by atoms with van der Waals surface area (Å²) in [5.41, 5.74) is 8.06. The third kappa shape index (κ3) is 7.13. The number of nitrogens with one attached hydrogen (secondary N) is 2. The van der Waals surface area contributed by atoms with Crippen molar-refractivity contribution in [3.8, 4) is 0 Å². The molecule has 0 atom stereocenters. The summed E-state index contributed by atoms with van der Waals surface area (Å²) in [4.78, 5) is 32.8. The first kappa shape index (κ1) is 27.5. The molecule has 0 saturated carbocycles. The quantitative estimate of drug-likeness (QED) is 0.212. The number of hydrogen-bond acceptors (Lipinski definition) is 7. The highest BCUT2D eigenvalue weighted by atomic mass is 79.9. The Kier molecular flexibility index (Phi) is 10.7. The molecule has 0 bridgehead atoms. The molecule has 0 saturated heterocycles. The number of halogens is 3. The molecular formula is C22H26BrClFN5O4. The SMILES string of the molecule is CCC.Cn1cnc2c(F)c(Nc3ccc(Br)cc3Cl)c(C(=O)NOCCOC(=O)CN)cc21. The molecule has 1 aromatic heterocycles. The summed E-state index contributed by atoms with van der Waals surface area (Å²) >= 11 is 9.54. The summed E-state index contributed by atoms with van der Waals surface area (Å²) in [6, 6.07) is 6.47. The van der Waals surface area contributed by atoms with Crippen molar-refractivity contribution in [1.29, 1.82) is 0 Å². The van der Waals surface area contributed by atoms with E-state index in [1.807, 2.05) is 0 Å². The number of esters is 1. The fraction of sp³-hybridized carbons (Fsp3) is 0.318. The number of nitrogens with zero attached hydrogens (tertiary/aromatic N) is 2. The number of fused-ring (bicyclic) bond motifs is 1. The second-order valence-corrected chi connectivity index (χ2v) is 8.32. The molecule has 4 N–H and O–H groups in total. The number of aryl methyl sites for hydroxylation is 1. The Labute approximate surface area is 209 Å². The number of carbonyl (C=O) groups excluding carboxylic acids is 2. The van der Waals surface area contributed by atoms with Gasteiger partial charge in [-0.1, -0.05) is 47.8 Å². The van der Waals surface area contributed by atoms with E-state index >= 15 is 4.39 Å². The van der Waals surface area contributed by atoms with Gasteiger partial charge in [-0.25, -0.2) is 14.9 Å². The Hall–Kier alpha value is -2.73. The van der Waals surface area contributed by atoms with E-state index in [4.69, 9.17) is 26.9 Å². The minimum atomic E-state index is -0.723. The van der Waals surface area contributed by atoms with Crippen molar-refractivity contribution in [2.45, 2.75) is 20.3 Å². The van der Waals surface area contributed by atoms with Crippen molar-refractivity contribution >= 4 is 61.8 Å². The predicted molar refractivity (Wildman–Crippen MR) is 133 cm³/mol. The number of amides is 1. The molecule has 9 nitrogen and oxygen atoms in total. The molecule has 0 aliphatic carbocycles. The van der Waals surface area contributed by atoms with E-state index in [0.717, 1.165) is 4.47 Å². The zero-order valence-electron chi connectivity index (χ0n) is 19.0. The largest absolute Gasteiger partial charge is 0.462 e. The van der Waals surface area contributed by atoms with Crippen LogP contribution in [0.25, 0.3) is 11.0 Å². The second-order valence-electron chi connectivity index (χ2n) is 7.00. The molecule has 34 heavy (non-hydrogen) atoms. The maximum atomic E-state index is 15.3. The number of anilines is 2. The summed E-state index contributed by atoms with van der Waals surface area (Å²) in [5, 5.41) is 3.18. The van der Waals surface area contributed by atoms with Crippen molar-refractivity contribution in [1.82, 2.24) is 15.0 Å². The van der Waals surface area contributed by atoms with Crippen molar-refractivity contribution in [2.75, 3.05) is 25.1 Å². The van der Waals surface area contributed by atoms with Gasteiger partial charge in [0.2, 0.25) is 0 Å². The number of hydrogen-bond donors (Lipinski definition) is 3. The average molecular weight is 559 g/mol. The Morgan fingerprint density at radius 2 is 1.97 bits per heavy atom. The average Bonchev–Trinajstić information content (AvgIpc) is 3.17. The molecule has 2 aromatic carbocycles. The third-order valence-corrected chi connectivity index (χ3v) is 4.98. The first-order valence-electron chi connectivity index (χ1n) is 10.4. The van der Waals surface area contributed by atoms with Crippen LogP contribution in [0.1, 0.15) is 30.6 Å². The van der Waals surface area contributed by atoms with Crippen LogP contribution in [0.5, 0.6) is 0 Å². The lowest BCUT2D eigenvalue weighted by Crippen LogP contribution is -2.27. The highest BCUT2D eigenvalue weighted by Gasteiger charge is 2.22. The van der Waals surface area contributed by atoms with E-state index in [9.17, 15) is 9.59 Å². The monoisotopic (exact) mass is 557 g/mol. The fourth-order valence-electron chi connectivity index (χ4n) is 2.68. The lowest BCUT2D eigenvalue weighted by molar-refractivity contribution is -0.144. The Morgan fingerprint density at radius 1 is 1.26 bits per heavy atom. The first-order valence-corrected chi connectivity index (χ1v) is 11.5. The number of imidazole rings is 1. The van der Waals surface area contributed by atoms with Crippen molar-refractivity contribution in [3.63, 3.8) is 0 Å². The summed E-state index contributed by atoms with van der Waals surface area (Å²) in [7, 11) is 1.68. The van der Waals surface area contributed by atoms with Crippen LogP contribution in [0.3, 0.4) is 0 Å². The number of aromatic nitrogens is 2. The molecule has 0 spiro atoms. The van der Waals surface area contributed by atoms with Gasteiger partial charge in [-0.2, -0.15) is 0 Å².